The lowest BCUT2D eigenvalue weighted by molar-refractivity contribution is -0.141. The number of nitrogens with one attached hydrogen (secondary N) is 2. The standard InChI is InChI=1S/C20H24ClN3O4/c1-3-12-10-14(21)11-16(18(12)28-9-8-25)17(20(26)27-2)24-15-6-4-13(5-7-15)19(22)23/h4-7,10-11,17,24-25H,3,8-9H2,1-2H3,(H3,22,23). The Hall–Kier alpha value is -2.77. The van der Waals surface area contributed by atoms with E-state index in [1.54, 1.807) is 36.4 Å². The molecule has 0 aromatic heterocycles. The first-order valence-corrected chi connectivity index (χ1v) is 9.13. The zero-order valence-electron chi connectivity index (χ0n) is 15.8. The van der Waals surface area contributed by atoms with Gasteiger partial charge in [0.15, 0.2) is 6.04 Å². The number of nitrogen functional groups attached to an aromatic ring is 1. The van der Waals surface area contributed by atoms with E-state index in [9.17, 15) is 4.79 Å². The third-order valence-electron chi connectivity index (χ3n) is 4.13. The van der Waals surface area contributed by atoms with Crippen molar-refractivity contribution in [3.05, 3.63) is 58.1 Å². The molecule has 5 N–H and O–H groups in total. The van der Waals surface area contributed by atoms with Crippen LogP contribution in [-0.2, 0) is 16.0 Å². The highest BCUT2D eigenvalue weighted by molar-refractivity contribution is 6.30. The van der Waals surface area contributed by atoms with Gasteiger partial charge < -0.3 is 25.6 Å². The molecule has 1 unspecified atom stereocenters. The number of hydrogen-bond donors (Lipinski definition) is 4. The Balaban J connectivity index is 2.48. The van der Waals surface area contributed by atoms with Crippen molar-refractivity contribution in [2.24, 2.45) is 5.73 Å². The number of methoxy groups -OCH3 is 1. The summed E-state index contributed by atoms with van der Waals surface area (Å²) in [5.74, 6) is -0.0730. The summed E-state index contributed by atoms with van der Waals surface area (Å²) in [6.07, 6.45) is 0.634. The van der Waals surface area contributed by atoms with Gasteiger partial charge in [-0.15, -0.1) is 0 Å². The van der Waals surface area contributed by atoms with Gasteiger partial charge in [0.05, 0.1) is 13.7 Å². The van der Waals surface area contributed by atoms with Crippen LogP contribution < -0.4 is 15.8 Å². The number of nitrogens with two attached hydrogens (primary N) is 1. The summed E-state index contributed by atoms with van der Waals surface area (Å²) in [4.78, 5) is 12.5. The largest absolute Gasteiger partial charge is 0.491 e. The molecule has 1 atom stereocenters. The van der Waals surface area contributed by atoms with E-state index in [1.807, 2.05) is 6.92 Å². The van der Waals surface area contributed by atoms with Crippen molar-refractivity contribution >= 4 is 29.1 Å². The van der Waals surface area contributed by atoms with Gasteiger partial charge in [0, 0.05) is 21.8 Å². The highest BCUT2D eigenvalue weighted by Gasteiger charge is 2.27. The lowest BCUT2D eigenvalue weighted by Gasteiger charge is -2.23. The van der Waals surface area contributed by atoms with Crippen molar-refractivity contribution in [3.63, 3.8) is 0 Å². The van der Waals surface area contributed by atoms with Crippen molar-refractivity contribution < 1.29 is 19.4 Å². The number of rotatable bonds is 9. The number of amidine groups is 1. The van der Waals surface area contributed by atoms with E-state index in [4.69, 9.17) is 37.3 Å². The number of carbonyl (C=O) groups excluding carboxylic acids is 1. The van der Waals surface area contributed by atoms with Gasteiger partial charge in [-0.05, 0) is 48.4 Å². The van der Waals surface area contributed by atoms with E-state index in [0.29, 0.717) is 34.0 Å². The van der Waals surface area contributed by atoms with E-state index in [-0.39, 0.29) is 19.0 Å². The second-order valence-electron chi connectivity index (χ2n) is 6.00. The monoisotopic (exact) mass is 405 g/mol. The van der Waals surface area contributed by atoms with Crippen LogP contribution >= 0.6 is 11.6 Å². The molecule has 2 aromatic rings. The summed E-state index contributed by atoms with van der Waals surface area (Å²) < 4.78 is 10.7. The number of carbonyl (C=O) groups is 1. The molecule has 0 fully saturated rings. The fraction of sp³-hybridized carbons (Fsp3) is 0.300. The molecule has 0 saturated carbocycles. The van der Waals surface area contributed by atoms with Gasteiger partial charge in [-0.3, -0.25) is 5.41 Å². The molecule has 0 heterocycles. The van der Waals surface area contributed by atoms with Crippen LogP contribution in [0.25, 0.3) is 0 Å². The number of halogens is 1. The maximum atomic E-state index is 12.5. The van der Waals surface area contributed by atoms with Crippen molar-refractivity contribution in [2.45, 2.75) is 19.4 Å². The summed E-state index contributed by atoms with van der Waals surface area (Å²) >= 11 is 6.26. The zero-order valence-corrected chi connectivity index (χ0v) is 16.5. The van der Waals surface area contributed by atoms with Crippen LogP contribution in [-0.4, -0.2) is 37.2 Å². The van der Waals surface area contributed by atoms with Crippen LogP contribution in [0.4, 0.5) is 5.69 Å². The fourth-order valence-corrected chi connectivity index (χ4v) is 3.02. The Kier molecular flexibility index (Phi) is 7.66. The molecule has 0 spiro atoms. The first-order chi connectivity index (χ1) is 13.4. The summed E-state index contributed by atoms with van der Waals surface area (Å²) in [7, 11) is 1.30. The van der Waals surface area contributed by atoms with E-state index in [1.165, 1.54) is 7.11 Å². The lowest BCUT2D eigenvalue weighted by atomic mass is 10.00. The zero-order chi connectivity index (χ0) is 20.7. The smallest absolute Gasteiger partial charge is 0.333 e. The van der Waals surface area contributed by atoms with Gasteiger partial charge >= 0.3 is 5.97 Å². The van der Waals surface area contributed by atoms with Crippen molar-refractivity contribution in [1.29, 1.82) is 5.41 Å². The minimum Gasteiger partial charge on any atom is -0.491 e. The van der Waals surface area contributed by atoms with Crippen LogP contribution in [0.5, 0.6) is 5.75 Å². The normalized spacial score (nSPS) is 11.6. The van der Waals surface area contributed by atoms with Gasteiger partial charge in [0.25, 0.3) is 0 Å². The molecule has 28 heavy (non-hydrogen) atoms. The predicted octanol–water partition coefficient (Wildman–Crippen LogP) is 2.88. The predicted molar refractivity (Wildman–Crippen MR) is 109 cm³/mol. The molecule has 2 aromatic carbocycles. The third kappa shape index (κ3) is 5.15. The van der Waals surface area contributed by atoms with Crippen molar-refractivity contribution in [2.75, 3.05) is 25.6 Å². The van der Waals surface area contributed by atoms with Gasteiger partial charge in [-0.1, -0.05) is 18.5 Å². The quantitative estimate of drug-likeness (QED) is 0.289. The molecule has 2 rings (SSSR count). The van der Waals surface area contributed by atoms with Crippen LogP contribution in [0.3, 0.4) is 0 Å². The molecule has 0 aliphatic heterocycles. The number of hydrogen-bond acceptors (Lipinski definition) is 6. The average molecular weight is 406 g/mol. The van der Waals surface area contributed by atoms with E-state index >= 15 is 0 Å². The second-order valence-corrected chi connectivity index (χ2v) is 6.44. The van der Waals surface area contributed by atoms with Gasteiger partial charge in [-0.2, -0.15) is 0 Å². The Morgan fingerprint density at radius 3 is 2.54 bits per heavy atom. The first-order valence-electron chi connectivity index (χ1n) is 8.76. The van der Waals surface area contributed by atoms with E-state index < -0.39 is 12.0 Å². The molecule has 7 nitrogen and oxygen atoms in total. The molecular weight excluding hydrogens is 382 g/mol. The van der Waals surface area contributed by atoms with E-state index in [2.05, 4.69) is 5.32 Å². The van der Waals surface area contributed by atoms with E-state index in [0.717, 1.165) is 5.56 Å². The Bertz CT molecular complexity index is 840. The molecule has 0 aliphatic carbocycles. The first kappa shape index (κ1) is 21.5. The fourth-order valence-electron chi connectivity index (χ4n) is 2.77. The lowest BCUT2D eigenvalue weighted by Crippen LogP contribution is -2.24. The van der Waals surface area contributed by atoms with Gasteiger partial charge in [0.1, 0.15) is 18.2 Å². The summed E-state index contributed by atoms with van der Waals surface area (Å²) in [5.41, 5.74) is 8.01. The molecule has 0 bridgehead atoms. The number of aliphatic hydroxyl groups excluding tert-OH is 1. The van der Waals surface area contributed by atoms with Gasteiger partial charge in [-0.25, -0.2) is 4.79 Å². The molecular formula is C20H24ClN3O4. The summed E-state index contributed by atoms with van der Waals surface area (Å²) in [6.45, 7) is 1.87. The third-order valence-corrected chi connectivity index (χ3v) is 4.35. The van der Waals surface area contributed by atoms with Crippen LogP contribution in [0.15, 0.2) is 36.4 Å². The molecule has 0 amide bonds. The van der Waals surface area contributed by atoms with Crippen molar-refractivity contribution in [3.8, 4) is 5.75 Å². The van der Waals surface area contributed by atoms with Crippen molar-refractivity contribution in [1.82, 2.24) is 0 Å². The number of aliphatic hydroxyl groups is 1. The molecule has 0 saturated heterocycles. The minimum atomic E-state index is -0.883. The summed E-state index contributed by atoms with van der Waals surface area (Å²) in [5, 5.41) is 20.2. The van der Waals surface area contributed by atoms with Crippen LogP contribution in [0.2, 0.25) is 5.02 Å². The van der Waals surface area contributed by atoms with Crippen LogP contribution in [0, 0.1) is 5.41 Å². The molecule has 0 radical (unpaired) electrons. The number of aryl methyl sites for hydroxylation is 1. The molecule has 0 aliphatic rings. The maximum Gasteiger partial charge on any atom is 0.333 e. The number of esters is 1. The second kappa shape index (κ2) is 9.96. The highest BCUT2D eigenvalue weighted by atomic mass is 35.5. The Morgan fingerprint density at radius 1 is 1.32 bits per heavy atom. The molecule has 150 valence electrons. The maximum absolute atomic E-state index is 12.5. The average Bonchev–Trinajstić information content (AvgIpc) is 2.70. The Morgan fingerprint density at radius 2 is 2.00 bits per heavy atom. The summed E-state index contributed by atoms with van der Waals surface area (Å²) in [6, 6.07) is 9.32. The molecule has 8 heteroatoms. The van der Waals surface area contributed by atoms with Gasteiger partial charge in [0.2, 0.25) is 0 Å². The van der Waals surface area contributed by atoms with Crippen LogP contribution in [0.1, 0.15) is 29.7 Å². The Labute approximate surface area is 168 Å². The highest BCUT2D eigenvalue weighted by Crippen LogP contribution is 2.35. The number of benzene rings is 2. The topological polar surface area (TPSA) is 118 Å². The number of anilines is 1. The minimum absolute atomic E-state index is 0.0433. The number of ether oxygens (including phenoxy) is 2. The SMILES string of the molecule is CCc1cc(Cl)cc(C(Nc2ccc(C(=N)N)cc2)C(=O)OC)c1OCCO.